The summed E-state index contributed by atoms with van der Waals surface area (Å²) in [5.41, 5.74) is 0.0685. The maximum Gasteiger partial charge on any atom is 0.156 e. The summed E-state index contributed by atoms with van der Waals surface area (Å²) in [5.74, 6) is 0.253. The van der Waals surface area contributed by atoms with Gasteiger partial charge in [-0.2, -0.15) is 0 Å². The van der Waals surface area contributed by atoms with Crippen LogP contribution in [0.2, 0.25) is 0 Å². The van der Waals surface area contributed by atoms with Gasteiger partial charge < -0.3 is 5.32 Å². The Morgan fingerprint density at radius 3 is 2.35 bits per heavy atom. The van der Waals surface area contributed by atoms with E-state index in [1.165, 1.54) is 0 Å². The van der Waals surface area contributed by atoms with Crippen molar-refractivity contribution in [3.63, 3.8) is 0 Å². The number of nitrogens with one attached hydrogen (secondary N) is 1. The van der Waals surface area contributed by atoms with Crippen molar-refractivity contribution in [1.82, 2.24) is 10.2 Å². The first kappa shape index (κ1) is 17.9. The van der Waals surface area contributed by atoms with E-state index < -0.39 is 14.6 Å². The van der Waals surface area contributed by atoms with Gasteiger partial charge in [0.15, 0.2) is 9.84 Å². The molecule has 1 saturated heterocycles. The van der Waals surface area contributed by atoms with Gasteiger partial charge in [-0.25, -0.2) is 8.42 Å². The highest BCUT2D eigenvalue weighted by Gasteiger charge is 2.37. The third-order valence-corrected chi connectivity index (χ3v) is 7.38. The Morgan fingerprint density at radius 2 is 1.90 bits per heavy atom. The molecule has 0 radical (unpaired) electrons. The summed E-state index contributed by atoms with van der Waals surface area (Å²) in [5, 5.41) is 3.58. The van der Waals surface area contributed by atoms with E-state index in [4.69, 9.17) is 0 Å². The zero-order valence-electron chi connectivity index (χ0n) is 14.0. The van der Waals surface area contributed by atoms with E-state index in [2.05, 4.69) is 31.0 Å². The summed E-state index contributed by atoms with van der Waals surface area (Å²) < 4.78 is 23.9. The number of piperazine rings is 1. The fourth-order valence-corrected chi connectivity index (χ4v) is 3.62. The lowest BCUT2D eigenvalue weighted by molar-refractivity contribution is 0.0540. The van der Waals surface area contributed by atoms with Crippen molar-refractivity contribution in [3.05, 3.63) is 0 Å². The van der Waals surface area contributed by atoms with E-state index in [1.807, 2.05) is 0 Å². The summed E-state index contributed by atoms with van der Waals surface area (Å²) in [7, 11) is -3.04. The average Bonchev–Trinajstić information content (AvgIpc) is 2.36. The highest BCUT2D eigenvalue weighted by atomic mass is 32.2. The molecule has 0 saturated carbocycles. The van der Waals surface area contributed by atoms with Gasteiger partial charge in [0.1, 0.15) is 0 Å². The molecule has 0 aromatic heterocycles. The van der Waals surface area contributed by atoms with Crippen molar-refractivity contribution in [1.29, 1.82) is 0 Å². The lowest BCUT2D eigenvalue weighted by Gasteiger charge is -2.48. The first-order valence-corrected chi connectivity index (χ1v) is 9.41. The molecule has 0 aliphatic carbocycles. The highest BCUT2D eigenvalue weighted by Crippen LogP contribution is 2.24. The Morgan fingerprint density at radius 1 is 1.30 bits per heavy atom. The molecule has 0 aromatic rings. The molecule has 2 atom stereocenters. The van der Waals surface area contributed by atoms with Crippen molar-refractivity contribution < 1.29 is 8.42 Å². The van der Waals surface area contributed by atoms with Crippen molar-refractivity contribution in [2.75, 3.05) is 25.4 Å². The zero-order chi connectivity index (χ0) is 15.6. The maximum absolute atomic E-state index is 12.3. The summed E-state index contributed by atoms with van der Waals surface area (Å²) >= 11 is 0. The molecule has 0 aromatic carbocycles. The Bertz CT molecular complexity index is 414. The molecule has 0 amide bonds. The number of hydrogen-bond acceptors (Lipinski definition) is 4. The topological polar surface area (TPSA) is 49.4 Å². The molecule has 1 aliphatic heterocycles. The number of nitrogens with zero attached hydrogens (tertiary/aromatic N) is 1. The zero-order valence-corrected chi connectivity index (χ0v) is 14.8. The maximum atomic E-state index is 12.3. The van der Waals surface area contributed by atoms with Gasteiger partial charge in [0, 0.05) is 31.2 Å². The monoisotopic (exact) mass is 304 g/mol. The second-order valence-electron chi connectivity index (χ2n) is 7.21. The third kappa shape index (κ3) is 3.95. The van der Waals surface area contributed by atoms with Crippen LogP contribution in [0.25, 0.3) is 0 Å². The lowest BCUT2D eigenvalue weighted by atomic mass is 9.91. The standard InChI is InChI=1S/C15H32N2O2S/c1-7-13-11-17(15(6,8-2)12-16-13)9-10-20(18,19)14(3,4)5/h13,16H,7-12H2,1-6H3. The quantitative estimate of drug-likeness (QED) is 0.844. The van der Waals surface area contributed by atoms with Gasteiger partial charge in [-0.3, -0.25) is 4.90 Å². The summed E-state index contributed by atoms with van der Waals surface area (Å²) in [6, 6.07) is 0.479. The highest BCUT2D eigenvalue weighted by molar-refractivity contribution is 7.92. The fourth-order valence-electron chi connectivity index (χ4n) is 2.55. The number of hydrogen-bond donors (Lipinski definition) is 1. The number of rotatable bonds is 5. The number of sulfone groups is 1. The third-order valence-electron chi connectivity index (χ3n) is 4.79. The molecule has 1 aliphatic rings. The van der Waals surface area contributed by atoms with E-state index in [-0.39, 0.29) is 11.3 Å². The lowest BCUT2D eigenvalue weighted by Crippen LogP contribution is -2.63. The minimum absolute atomic E-state index is 0.0685. The molecule has 120 valence electrons. The van der Waals surface area contributed by atoms with Crippen molar-refractivity contribution in [3.8, 4) is 0 Å². The van der Waals surface area contributed by atoms with Gasteiger partial charge in [-0.15, -0.1) is 0 Å². The van der Waals surface area contributed by atoms with Gasteiger partial charge in [0.05, 0.1) is 10.5 Å². The predicted molar refractivity (Wildman–Crippen MR) is 85.9 cm³/mol. The van der Waals surface area contributed by atoms with Crippen LogP contribution in [0, 0.1) is 0 Å². The van der Waals surface area contributed by atoms with Gasteiger partial charge >= 0.3 is 0 Å². The fraction of sp³-hybridized carbons (Fsp3) is 1.00. The van der Waals surface area contributed by atoms with Crippen LogP contribution < -0.4 is 5.32 Å². The minimum atomic E-state index is -3.04. The van der Waals surface area contributed by atoms with Crippen LogP contribution in [0.4, 0.5) is 0 Å². The van der Waals surface area contributed by atoms with E-state index in [0.717, 1.165) is 25.9 Å². The van der Waals surface area contributed by atoms with E-state index >= 15 is 0 Å². The first-order valence-electron chi connectivity index (χ1n) is 7.76. The smallest absolute Gasteiger partial charge is 0.156 e. The van der Waals surface area contributed by atoms with Crippen LogP contribution in [-0.2, 0) is 9.84 Å². The largest absolute Gasteiger partial charge is 0.311 e. The molecule has 1 heterocycles. The Kier molecular flexibility index (Phi) is 5.67. The van der Waals surface area contributed by atoms with Crippen molar-refractivity contribution in [2.24, 2.45) is 0 Å². The second-order valence-corrected chi connectivity index (χ2v) is 10.1. The molecule has 1 rings (SSSR count). The van der Waals surface area contributed by atoms with E-state index in [1.54, 1.807) is 20.8 Å². The molecule has 1 fully saturated rings. The Balaban J connectivity index is 2.77. The summed E-state index contributed by atoms with van der Waals surface area (Å²) in [6.07, 6.45) is 2.12. The minimum Gasteiger partial charge on any atom is -0.311 e. The van der Waals surface area contributed by atoms with E-state index in [9.17, 15) is 8.42 Å². The molecule has 0 spiro atoms. The molecule has 4 nitrogen and oxygen atoms in total. The second kappa shape index (κ2) is 6.32. The van der Waals surface area contributed by atoms with Crippen LogP contribution >= 0.6 is 0 Å². The van der Waals surface area contributed by atoms with Gasteiger partial charge in [-0.1, -0.05) is 13.8 Å². The molecule has 5 heteroatoms. The molecular weight excluding hydrogens is 272 g/mol. The Labute approximate surface area is 125 Å². The van der Waals surface area contributed by atoms with Crippen LogP contribution in [0.3, 0.4) is 0 Å². The molecule has 1 N–H and O–H groups in total. The average molecular weight is 305 g/mol. The summed E-state index contributed by atoms with van der Waals surface area (Å²) in [4.78, 5) is 2.38. The van der Waals surface area contributed by atoms with Gasteiger partial charge in [0.25, 0.3) is 0 Å². The Hall–Kier alpha value is -0.130. The molecule has 0 bridgehead atoms. The van der Waals surface area contributed by atoms with E-state index in [0.29, 0.717) is 12.6 Å². The molecular formula is C15H32N2O2S. The van der Waals surface area contributed by atoms with Crippen LogP contribution in [0.5, 0.6) is 0 Å². The van der Waals surface area contributed by atoms with Crippen molar-refractivity contribution >= 4 is 9.84 Å². The molecule has 20 heavy (non-hydrogen) atoms. The predicted octanol–water partition coefficient (Wildman–Crippen LogP) is 2.05. The van der Waals surface area contributed by atoms with Crippen LogP contribution in [-0.4, -0.2) is 55.0 Å². The summed E-state index contributed by atoms with van der Waals surface area (Å²) in [6.45, 7) is 14.5. The SMILES string of the molecule is CCC1CN(CCS(=O)(=O)C(C)(C)C)C(C)(CC)CN1. The molecule has 2 unspecified atom stereocenters. The van der Waals surface area contributed by atoms with Crippen LogP contribution in [0.15, 0.2) is 0 Å². The van der Waals surface area contributed by atoms with Gasteiger partial charge in [0.2, 0.25) is 0 Å². The van der Waals surface area contributed by atoms with Gasteiger partial charge in [-0.05, 0) is 40.5 Å². The normalized spacial score (nSPS) is 29.6. The van der Waals surface area contributed by atoms with Crippen LogP contribution in [0.1, 0.15) is 54.4 Å². The van der Waals surface area contributed by atoms with Crippen molar-refractivity contribution in [2.45, 2.75) is 70.7 Å². The first-order chi connectivity index (χ1) is 9.05.